The third kappa shape index (κ3) is 3.12. The molecule has 2 atom stereocenters. The zero-order chi connectivity index (χ0) is 22.4. The smallest absolute Gasteiger partial charge is 0.226 e. The van der Waals surface area contributed by atoms with E-state index in [-0.39, 0.29) is 12.1 Å². The number of benzene rings is 3. The molecule has 0 unspecified atom stereocenters. The maximum absolute atomic E-state index is 6.62. The van der Waals surface area contributed by atoms with Gasteiger partial charge < -0.3 is 19.5 Å². The van der Waals surface area contributed by atoms with E-state index in [2.05, 4.69) is 33.6 Å². The van der Waals surface area contributed by atoms with Crippen molar-refractivity contribution in [2.45, 2.75) is 12.1 Å². The first-order valence-electron chi connectivity index (χ1n) is 10.7. The molecule has 0 bridgehead atoms. The molecule has 0 saturated carbocycles. The Bertz CT molecular complexity index is 1340. The summed E-state index contributed by atoms with van der Waals surface area (Å²) < 4.78 is 19.3. The first-order valence-corrected chi connectivity index (χ1v) is 10.7. The van der Waals surface area contributed by atoms with E-state index in [1.165, 1.54) is 0 Å². The van der Waals surface area contributed by atoms with Crippen LogP contribution < -0.4 is 19.5 Å². The zero-order valence-corrected chi connectivity index (χ0v) is 18.2. The highest BCUT2D eigenvalue weighted by Gasteiger charge is 2.40. The van der Waals surface area contributed by atoms with Crippen LogP contribution in [0.25, 0.3) is 5.70 Å². The first-order chi connectivity index (χ1) is 16.3. The molecule has 7 heteroatoms. The minimum absolute atomic E-state index is 0.204. The Hall–Kier alpha value is -4.26. The van der Waals surface area contributed by atoms with Gasteiger partial charge in [0, 0.05) is 11.1 Å². The minimum Gasteiger partial charge on any atom is -0.497 e. The molecule has 0 spiro atoms. The number of para-hydroxylation sites is 1. The second-order valence-corrected chi connectivity index (χ2v) is 7.93. The van der Waals surface area contributed by atoms with Crippen LogP contribution in [-0.2, 0) is 0 Å². The van der Waals surface area contributed by atoms with Gasteiger partial charge in [-0.1, -0.05) is 36.4 Å². The molecule has 0 aliphatic carbocycles. The molecule has 0 saturated heterocycles. The number of nitrogens with one attached hydrogen (secondary N) is 1. The number of methoxy groups -OCH3 is 2. The number of ether oxygens (including phenoxy) is 3. The average Bonchev–Trinajstić information content (AvgIpc) is 3.35. The molecular weight excluding hydrogens is 416 g/mol. The minimum atomic E-state index is -0.322. The lowest BCUT2D eigenvalue weighted by atomic mass is 9.84. The quantitative estimate of drug-likeness (QED) is 0.491. The molecule has 3 heterocycles. The summed E-state index contributed by atoms with van der Waals surface area (Å²) in [7, 11) is 3.33. The van der Waals surface area contributed by atoms with E-state index in [1.54, 1.807) is 20.5 Å². The Balaban J connectivity index is 1.58. The molecule has 33 heavy (non-hydrogen) atoms. The summed E-state index contributed by atoms with van der Waals surface area (Å²) in [6.45, 7) is 0. The molecule has 0 amide bonds. The van der Waals surface area contributed by atoms with Crippen LogP contribution in [0.1, 0.15) is 28.8 Å². The fraction of sp³-hybridized carbons (Fsp3) is 0.154. The Morgan fingerprint density at radius 1 is 0.848 bits per heavy atom. The lowest BCUT2D eigenvalue weighted by Gasteiger charge is -2.39. The number of fused-ring (bicyclic) bond motifs is 3. The third-order valence-electron chi connectivity index (χ3n) is 6.17. The molecule has 7 nitrogen and oxygen atoms in total. The lowest BCUT2D eigenvalue weighted by Crippen LogP contribution is -2.32. The number of hydrogen-bond acceptors (Lipinski definition) is 6. The Morgan fingerprint density at radius 2 is 1.52 bits per heavy atom. The highest BCUT2D eigenvalue weighted by molar-refractivity contribution is 5.85. The highest BCUT2D eigenvalue weighted by Crippen LogP contribution is 2.50. The fourth-order valence-electron chi connectivity index (χ4n) is 4.58. The molecule has 164 valence electrons. The summed E-state index contributed by atoms with van der Waals surface area (Å²) in [5, 5.41) is 8.08. The van der Waals surface area contributed by atoms with Crippen LogP contribution in [-0.4, -0.2) is 29.0 Å². The summed E-state index contributed by atoms with van der Waals surface area (Å²) in [4.78, 5) is 4.48. The van der Waals surface area contributed by atoms with E-state index in [0.717, 1.165) is 45.2 Å². The van der Waals surface area contributed by atoms with E-state index in [9.17, 15) is 0 Å². The Kier molecular flexibility index (Phi) is 4.54. The van der Waals surface area contributed by atoms with Gasteiger partial charge in [-0.2, -0.15) is 10.1 Å². The maximum Gasteiger partial charge on any atom is 0.226 e. The van der Waals surface area contributed by atoms with Crippen molar-refractivity contribution in [3.8, 4) is 17.2 Å². The molecule has 6 rings (SSSR count). The van der Waals surface area contributed by atoms with E-state index >= 15 is 0 Å². The van der Waals surface area contributed by atoms with Gasteiger partial charge in [-0.05, 0) is 47.5 Å². The first kappa shape index (κ1) is 19.4. The van der Waals surface area contributed by atoms with E-state index < -0.39 is 0 Å². The summed E-state index contributed by atoms with van der Waals surface area (Å²) in [6, 6.07) is 23.9. The third-order valence-corrected chi connectivity index (χ3v) is 6.17. The van der Waals surface area contributed by atoms with Crippen LogP contribution in [0.2, 0.25) is 0 Å². The zero-order valence-electron chi connectivity index (χ0n) is 18.2. The predicted molar refractivity (Wildman–Crippen MR) is 125 cm³/mol. The van der Waals surface area contributed by atoms with Gasteiger partial charge in [-0.25, -0.2) is 4.68 Å². The molecule has 1 N–H and O–H groups in total. The van der Waals surface area contributed by atoms with E-state index in [4.69, 9.17) is 14.2 Å². The summed E-state index contributed by atoms with van der Waals surface area (Å²) >= 11 is 0. The Morgan fingerprint density at radius 3 is 2.21 bits per heavy atom. The van der Waals surface area contributed by atoms with Gasteiger partial charge in [-0.15, -0.1) is 0 Å². The van der Waals surface area contributed by atoms with Crippen molar-refractivity contribution in [3.63, 3.8) is 0 Å². The number of hydrogen-bond donors (Lipinski definition) is 1. The SMILES string of the molecule is COc1ccc([C@H]2Oc3ccccc3C3=C2[C@@H](c2ccc(OC)cc2)n2ncnc2N3)cc1. The molecule has 2 aliphatic rings. The highest BCUT2D eigenvalue weighted by atomic mass is 16.5. The van der Waals surface area contributed by atoms with Crippen molar-refractivity contribution in [3.05, 3.63) is 101 Å². The number of aromatic nitrogens is 3. The largest absolute Gasteiger partial charge is 0.497 e. The average molecular weight is 438 g/mol. The molecule has 1 aromatic heterocycles. The van der Waals surface area contributed by atoms with Crippen LogP contribution >= 0.6 is 0 Å². The van der Waals surface area contributed by atoms with Crippen LogP contribution in [0.4, 0.5) is 5.95 Å². The number of anilines is 1. The summed E-state index contributed by atoms with van der Waals surface area (Å²) in [5.74, 6) is 3.12. The summed E-state index contributed by atoms with van der Waals surface area (Å²) in [6.07, 6.45) is 1.25. The van der Waals surface area contributed by atoms with Crippen molar-refractivity contribution in [1.82, 2.24) is 14.8 Å². The van der Waals surface area contributed by atoms with Gasteiger partial charge in [0.25, 0.3) is 0 Å². The van der Waals surface area contributed by atoms with Crippen molar-refractivity contribution < 1.29 is 14.2 Å². The van der Waals surface area contributed by atoms with Crippen molar-refractivity contribution in [2.24, 2.45) is 0 Å². The molecular formula is C26H22N4O3. The van der Waals surface area contributed by atoms with E-state index in [0.29, 0.717) is 5.95 Å². The Labute approximate surface area is 191 Å². The molecule has 0 radical (unpaired) electrons. The monoisotopic (exact) mass is 438 g/mol. The van der Waals surface area contributed by atoms with Crippen molar-refractivity contribution in [2.75, 3.05) is 19.5 Å². The maximum atomic E-state index is 6.62. The normalized spacial score (nSPS) is 18.4. The van der Waals surface area contributed by atoms with Crippen molar-refractivity contribution in [1.29, 1.82) is 0 Å². The molecule has 0 fully saturated rings. The fourth-order valence-corrected chi connectivity index (χ4v) is 4.58. The van der Waals surface area contributed by atoms with Gasteiger partial charge >= 0.3 is 0 Å². The number of rotatable bonds is 4. The van der Waals surface area contributed by atoms with Crippen LogP contribution in [0, 0.1) is 0 Å². The van der Waals surface area contributed by atoms with E-state index in [1.807, 2.05) is 59.3 Å². The topological polar surface area (TPSA) is 70.4 Å². The molecule has 3 aromatic carbocycles. The number of nitrogens with zero attached hydrogens (tertiary/aromatic N) is 3. The van der Waals surface area contributed by atoms with Gasteiger partial charge in [0.2, 0.25) is 5.95 Å². The second kappa shape index (κ2) is 7.70. The lowest BCUT2D eigenvalue weighted by molar-refractivity contribution is 0.223. The van der Waals surface area contributed by atoms with Gasteiger partial charge in [-0.3, -0.25) is 0 Å². The summed E-state index contributed by atoms with van der Waals surface area (Å²) in [5.41, 5.74) is 5.17. The van der Waals surface area contributed by atoms with Crippen LogP contribution in [0.5, 0.6) is 17.2 Å². The van der Waals surface area contributed by atoms with Gasteiger partial charge in [0.05, 0.1) is 19.9 Å². The van der Waals surface area contributed by atoms with Gasteiger partial charge in [0.1, 0.15) is 35.7 Å². The molecule has 4 aromatic rings. The van der Waals surface area contributed by atoms with Gasteiger partial charge in [0.15, 0.2) is 0 Å². The molecule has 2 aliphatic heterocycles. The second-order valence-electron chi connectivity index (χ2n) is 7.93. The van der Waals surface area contributed by atoms with Crippen LogP contribution in [0.15, 0.2) is 84.7 Å². The standard InChI is InChI=1S/C26H22N4O3/c1-31-18-11-7-16(8-12-18)24-22-23(29-26-27-15-28-30(24)26)20-5-3-4-6-21(20)33-25(22)17-9-13-19(32-2)14-10-17/h3-15,24-25H,1-2H3,(H,27,28,29)/t24-,25-/m1/s1. The predicted octanol–water partition coefficient (Wildman–Crippen LogP) is 4.86. The van der Waals surface area contributed by atoms with Crippen LogP contribution in [0.3, 0.4) is 0 Å². The van der Waals surface area contributed by atoms with Crippen molar-refractivity contribution >= 4 is 11.6 Å².